The molecule has 3 heteroatoms. The van der Waals surface area contributed by atoms with Gasteiger partial charge in [-0.05, 0) is 37.5 Å². The summed E-state index contributed by atoms with van der Waals surface area (Å²) in [6.45, 7) is 8.81. The smallest absolute Gasteiger partial charge is 0.261 e. The first kappa shape index (κ1) is 15.2. The molecule has 3 nitrogen and oxygen atoms in total. The number of aldehydes is 1. The molecular weight excluding hydrogens is 262 g/mol. The fraction of sp³-hybridized carbons (Fsp3) is 0.333. The number of carbonyl (C=O) groups is 1. The molecule has 0 spiro atoms. The van der Waals surface area contributed by atoms with Gasteiger partial charge in [0, 0.05) is 12.1 Å². The molecule has 0 unspecified atom stereocenters. The molecule has 0 atom stereocenters. The SMILES string of the molecule is Cc1ccc(-c2ccc(C=O)c(=O)n2CC(C)C)c(C)c1. The van der Waals surface area contributed by atoms with E-state index >= 15 is 0 Å². The van der Waals surface area contributed by atoms with Crippen LogP contribution in [0.5, 0.6) is 0 Å². The van der Waals surface area contributed by atoms with Gasteiger partial charge in [-0.3, -0.25) is 9.59 Å². The average Bonchev–Trinajstić information content (AvgIpc) is 2.41. The number of benzene rings is 1. The predicted octanol–water partition coefficient (Wildman–Crippen LogP) is 3.60. The van der Waals surface area contributed by atoms with Crippen LogP contribution in [0.4, 0.5) is 0 Å². The Kier molecular flexibility index (Phi) is 4.41. The van der Waals surface area contributed by atoms with Crippen molar-refractivity contribution in [1.82, 2.24) is 4.57 Å². The lowest BCUT2D eigenvalue weighted by Crippen LogP contribution is -2.27. The predicted molar refractivity (Wildman–Crippen MR) is 85.8 cm³/mol. The fourth-order valence-electron chi connectivity index (χ4n) is 2.57. The molecule has 1 aromatic carbocycles. The van der Waals surface area contributed by atoms with Crippen molar-refractivity contribution < 1.29 is 4.79 Å². The van der Waals surface area contributed by atoms with Crippen LogP contribution in [0, 0.1) is 19.8 Å². The third-order valence-corrected chi connectivity index (χ3v) is 3.54. The van der Waals surface area contributed by atoms with Crippen molar-refractivity contribution in [3.05, 3.63) is 57.4 Å². The normalized spacial score (nSPS) is 10.9. The molecule has 110 valence electrons. The Labute approximate surface area is 125 Å². The van der Waals surface area contributed by atoms with E-state index in [1.54, 1.807) is 10.6 Å². The molecule has 0 N–H and O–H groups in total. The molecule has 0 aliphatic heterocycles. The Morgan fingerprint density at radius 3 is 2.43 bits per heavy atom. The van der Waals surface area contributed by atoms with Crippen molar-refractivity contribution >= 4 is 6.29 Å². The minimum Gasteiger partial charge on any atom is -0.307 e. The molecule has 0 amide bonds. The highest BCUT2D eigenvalue weighted by Crippen LogP contribution is 2.24. The van der Waals surface area contributed by atoms with Crippen LogP contribution in [0.1, 0.15) is 35.3 Å². The maximum Gasteiger partial charge on any atom is 0.261 e. The van der Waals surface area contributed by atoms with Crippen molar-refractivity contribution in [2.45, 2.75) is 34.2 Å². The van der Waals surface area contributed by atoms with Gasteiger partial charge in [0.2, 0.25) is 0 Å². The van der Waals surface area contributed by atoms with Crippen LogP contribution in [-0.2, 0) is 6.54 Å². The highest BCUT2D eigenvalue weighted by Gasteiger charge is 2.13. The Morgan fingerprint density at radius 2 is 1.86 bits per heavy atom. The lowest BCUT2D eigenvalue weighted by molar-refractivity contribution is 0.112. The van der Waals surface area contributed by atoms with Gasteiger partial charge in [-0.15, -0.1) is 0 Å². The molecule has 21 heavy (non-hydrogen) atoms. The summed E-state index contributed by atoms with van der Waals surface area (Å²) in [4.78, 5) is 23.5. The number of pyridine rings is 1. The fourth-order valence-corrected chi connectivity index (χ4v) is 2.57. The molecule has 0 fully saturated rings. The van der Waals surface area contributed by atoms with Crippen LogP contribution in [-0.4, -0.2) is 10.9 Å². The Balaban J connectivity index is 2.70. The highest BCUT2D eigenvalue weighted by molar-refractivity contribution is 5.75. The molecule has 0 radical (unpaired) electrons. The van der Waals surface area contributed by atoms with E-state index in [2.05, 4.69) is 19.9 Å². The number of carbonyl (C=O) groups excluding carboxylic acids is 1. The van der Waals surface area contributed by atoms with Gasteiger partial charge in [0.25, 0.3) is 5.56 Å². The van der Waals surface area contributed by atoms with Crippen LogP contribution in [0.25, 0.3) is 11.3 Å². The van der Waals surface area contributed by atoms with Crippen molar-refractivity contribution in [1.29, 1.82) is 0 Å². The summed E-state index contributed by atoms with van der Waals surface area (Å²) in [7, 11) is 0. The Bertz CT molecular complexity index is 726. The molecule has 0 saturated heterocycles. The number of hydrogen-bond acceptors (Lipinski definition) is 2. The molecule has 2 aromatic rings. The third kappa shape index (κ3) is 3.13. The highest BCUT2D eigenvalue weighted by atomic mass is 16.1. The van der Waals surface area contributed by atoms with E-state index in [4.69, 9.17) is 0 Å². The summed E-state index contributed by atoms with van der Waals surface area (Å²) < 4.78 is 1.71. The second kappa shape index (κ2) is 6.08. The molecule has 1 heterocycles. The third-order valence-electron chi connectivity index (χ3n) is 3.54. The zero-order chi connectivity index (χ0) is 15.6. The van der Waals surface area contributed by atoms with Gasteiger partial charge in [0.1, 0.15) is 0 Å². The van der Waals surface area contributed by atoms with Gasteiger partial charge in [0.05, 0.1) is 11.3 Å². The molecule has 0 bridgehead atoms. The Hall–Kier alpha value is -2.16. The minimum absolute atomic E-state index is 0.212. The second-order valence-corrected chi connectivity index (χ2v) is 5.92. The molecule has 2 rings (SSSR count). The maximum absolute atomic E-state index is 12.4. The van der Waals surface area contributed by atoms with E-state index < -0.39 is 0 Å². The summed E-state index contributed by atoms with van der Waals surface area (Å²) in [5, 5.41) is 0. The van der Waals surface area contributed by atoms with Crippen LogP contribution < -0.4 is 5.56 Å². The number of aryl methyl sites for hydroxylation is 2. The summed E-state index contributed by atoms with van der Waals surface area (Å²) in [5.41, 5.74) is 4.23. The molecule has 1 aromatic heterocycles. The van der Waals surface area contributed by atoms with Gasteiger partial charge >= 0.3 is 0 Å². The van der Waals surface area contributed by atoms with E-state index in [1.807, 2.05) is 32.0 Å². The number of hydrogen-bond donors (Lipinski definition) is 0. The van der Waals surface area contributed by atoms with Crippen LogP contribution >= 0.6 is 0 Å². The number of aromatic nitrogens is 1. The summed E-state index contributed by atoms with van der Waals surface area (Å²) in [5.74, 6) is 0.328. The van der Waals surface area contributed by atoms with Crippen molar-refractivity contribution in [3.63, 3.8) is 0 Å². The van der Waals surface area contributed by atoms with Gasteiger partial charge in [-0.1, -0.05) is 37.6 Å². The standard InChI is InChI=1S/C18H21NO2/c1-12(2)10-19-17(8-6-15(11-20)18(19)21)16-7-5-13(3)9-14(16)4/h5-9,11-12H,10H2,1-4H3. The molecule has 0 saturated carbocycles. The maximum atomic E-state index is 12.4. The zero-order valence-electron chi connectivity index (χ0n) is 13.0. The van der Waals surface area contributed by atoms with Crippen LogP contribution in [0.2, 0.25) is 0 Å². The lowest BCUT2D eigenvalue weighted by Gasteiger charge is -2.17. The van der Waals surface area contributed by atoms with Gasteiger partial charge in [-0.25, -0.2) is 0 Å². The van der Waals surface area contributed by atoms with Crippen LogP contribution in [0.15, 0.2) is 35.1 Å². The first-order valence-corrected chi connectivity index (χ1v) is 7.20. The largest absolute Gasteiger partial charge is 0.307 e. The van der Waals surface area contributed by atoms with E-state index in [0.717, 1.165) is 16.8 Å². The monoisotopic (exact) mass is 283 g/mol. The summed E-state index contributed by atoms with van der Waals surface area (Å²) in [6.07, 6.45) is 0.630. The number of nitrogens with zero attached hydrogens (tertiary/aromatic N) is 1. The van der Waals surface area contributed by atoms with Gasteiger partial charge < -0.3 is 4.57 Å². The summed E-state index contributed by atoms with van der Waals surface area (Å²) in [6, 6.07) is 9.66. The quantitative estimate of drug-likeness (QED) is 0.804. The summed E-state index contributed by atoms with van der Waals surface area (Å²) >= 11 is 0. The van der Waals surface area contributed by atoms with E-state index in [1.165, 1.54) is 5.56 Å². The van der Waals surface area contributed by atoms with Crippen molar-refractivity contribution in [3.8, 4) is 11.3 Å². The molecule has 0 aliphatic carbocycles. The van der Waals surface area contributed by atoms with Crippen molar-refractivity contribution in [2.75, 3.05) is 0 Å². The second-order valence-electron chi connectivity index (χ2n) is 5.92. The zero-order valence-corrected chi connectivity index (χ0v) is 13.0. The Morgan fingerprint density at radius 1 is 1.14 bits per heavy atom. The van der Waals surface area contributed by atoms with E-state index in [9.17, 15) is 9.59 Å². The lowest BCUT2D eigenvalue weighted by atomic mass is 10.0. The number of rotatable bonds is 4. The van der Waals surface area contributed by atoms with Crippen molar-refractivity contribution in [2.24, 2.45) is 5.92 Å². The average molecular weight is 283 g/mol. The van der Waals surface area contributed by atoms with Crippen LogP contribution in [0.3, 0.4) is 0 Å². The molecule has 0 aliphatic rings. The van der Waals surface area contributed by atoms with Gasteiger partial charge in [0.15, 0.2) is 6.29 Å². The van der Waals surface area contributed by atoms with E-state index in [0.29, 0.717) is 18.7 Å². The van der Waals surface area contributed by atoms with E-state index in [-0.39, 0.29) is 11.1 Å². The minimum atomic E-state index is -0.212. The molecular formula is C18H21NO2. The topological polar surface area (TPSA) is 39.1 Å². The first-order chi connectivity index (χ1) is 9.93. The van der Waals surface area contributed by atoms with Gasteiger partial charge in [-0.2, -0.15) is 0 Å². The first-order valence-electron chi connectivity index (χ1n) is 7.20.